The van der Waals surface area contributed by atoms with Gasteiger partial charge in [-0.1, -0.05) is 23.2 Å². The maximum absolute atomic E-state index is 11.0. The van der Waals surface area contributed by atoms with Gasteiger partial charge >= 0.3 is 0 Å². The van der Waals surface area contributed by atoms with E-state index >= 15 is 0 Å². The van der Waals surface area contributed by atoms with Gasteiger partial charge in [0.25, 0.3) is 5.56 Å². The average Bonchev–Trinajstić information content (AvgIpc) is 2.19. The van der Waals surface area contributed by atoms with E-state index in [4.69, 9.17) is 28.3 Å². The molecule has 6 heteroatoms. The maximum Gasteiger partial charge on any atom is 0.281 e. The fourth-order valence-corrected chi connectivity index (χ4v) is 1.90. The number of nitrogens with zero attached hydrogens (tertiary/aromatic N) is 1. The van der Waals surface area contributed by atoms with Gasteiger partial charge in [0.1, 0.15) is 9.36 Å². The number of aliphatic hydroxyl groups excluding tert-OH is 1. The van der Waals surface area contributed by atoms with Crippen molar-refractivity contribution in [2.24, 2.45) is 0 Å². The van der Waals surface area contributed by atoms with Crippen LogP contribution in [0.25, 0.3) is 0 Å². The Balaban J connectivity index is 3.09. The minimum absolute atomic E-state index is 0.0325. The van der Waals surface area contributed by atoms with E-state index in [1.165, 1.54) is 3.96 Å². The van der Waals surface area contributed by atoms with Crippen molar-refractivity contribution >= 4 is 34.7 Å². The minimum Gasteiger partial charge on any atom is -0.394 e. The van der Waals surface area contributed by atoms with Gasteiger partial charge in [0, 0.05) is 0 Å². The Bertz CT molecular complexity index is 306. The molecule has 0 aliphatic carbocycles. The van der Waals surface area contributed by atoms with E-state index in [-0.39, 0.29) is 28.1 Å². The highest BCUT2D eigenvalue weighted by Gasteiger charge is 2.09. The van der Waals surface area contributed by atoms with E-state index in [2.05, 4.69) is 0 Å². The first kappa shape index (κ1) is 9.06. The SMILES string of the molecule is O=c1c(Cl)c(Cl)sn1CCO. The van der Waals surface area contributed by atoms with Crippen LogP contribution in [-0.2, 0) is 6.54 Å². The highest BCUT2D eigenvalue weighted by atomic mass is 35.5. The van der Waals surface area contributed by atoms with Gasteiger partial charge in [-0.2, -0.15) is 0 Å². The molecule has 0 aliphatic heterocycles. The molecule has 3 nitrogen and oxygen atoms in total. The number of rotatable bonds is 2. The van der Waals surface area contributed by atoms with Crippen molar-refractivity contribution < 1.29 is 5.11 Å². The summed E-state index contributed by atoms with van der Waals surface area (Å²) in [7, 11) is 0. The van der Waals surface area contributed by atoms with E-state index in [0.29, 0.717) is 0 Å². The summed E-state index contributed by atoms with van der Waals surface area (Å²) < 4.78 is 1.58. The maximum atomic E-state index is 11.0. The van der Waals surface area contributed by atoms with Crippen molar-refractivity contribution in [1.82, 2.24) is 3.96 Å². The monoisotopic (exact) mass is 213 g/mol. The second kappa shape index (κ2) is 3.58. The van der Waals surface area contributed by atoms with Crippen molar-refractivity contribution in [3.05, 3.63) is 19.7 Å². The zero-order valence-corrected chi connectivity index (χ0v) is 7.71. The summed E-state index contributed by atoms with van der Waals surface area (Å²) in [5.74, 6) is 0. The van der Waals surface area contributed by atoms with Crippen molar-refractivity contribution in [2.75, 3.05) is 6.61 Å². The largest absolute Gasteiger partial charge is 0.394 e. The molecule has 11 heavy (non-hydrogen) atoms. The topological polar surface area (TPSA) is 42.2 Å². The quantitative estimate of drug-likeness (QED) is 0.803. The van der Waals surface area contributed by atoms with E-state index in [1.807, 2.05) is 0 Å². The third-order valence-corrected chi connectivity index (χ3v) is 2.97. The van der Waals surface area contributed by atoms with Gasteiger partial charge in [-0.15, -0.1) is 0 Å². The summed E-state index contributed by atoms with van der Waals surface area (Å²) in [6.45, 7) is 0.156. The summed E-state index contributed by atoms with van der Waals surface area (Å²) in [4.78, 5) is 11.0. The Labute approximate surface area is 76.9 Å². The highest BCUT2D eigenvalue weighted by Crippen LogP contribution is 2.22. The normalized spacial score (nSPS) is 10.5. The van der Waals surface area contributed by atoms with Crippen molar-refractivity contribution in [2.45, 2.75) is 6.54 Å². The van der Waals surface area contributed by atoms with Crippen LogP contribution in [0.4, 0.5) is 0 Å². The standard InChI is InChI=1S/C5H5Cl2NO2S/c6-3-4(7)11-8(1-2-9)5(3)10/h9H,1-2H2. The highest BCUT2D eigenvalue weighted by molar-refractivity contribution is 7.11. The van der Waals surface area contributed by atoms with E-state index in [9.17, 15) is 4.79 Å². The number of halogens is 2. The molecule has 0 aromatic carbocycles. The van der Waals surface area contributed by atoms with Crippen LogP contribution in [0.2, 0.25) is 9.36 Å². The van der Waals surface area contributed by atoms with Gasteiger partial charge in [-0.3, -0.25) is 8.75 Å². The number of hydrogen-bond acceptors (Lipinski definition) is 3. The number of aromatic nitrogens is 1. The third-order valence-electron chi connectivity index (χ3n) is 1.08. The van der Waals surface area contributed by atoms with Gasteiger partial charge in [0.2, 0.25) is 0 Å². The van der Waals surface area contributed by atoms with Crippen LogP contribution < -0.4 is 5.56 Å². The lowest BCUT2D eigenvalue weighted by molar-refractivity contribution is 0.279. The Hall–Kier alpha value is -0.0300. The van der Waals surface area contributed by atoms with E-state index in [1.54, 1.807) is 0 Å². The van der Waals surface area contributed by atoms with Crippen molar-refractivity contribution in [3.8, 4) is 0 Å². The first-order valence-corrected chi connectivity index (χ1v) is 4.35. The first-order valence-electron chi connectivity index (χ1n) is 2.82. The van der Waals surface area contributed by atoms with Gasteiger partial charge < -0.3 is 5.11 Å². The summed E-state index contributed by atoms with van der Waals surface area (Å²) in [6.07, 6.45) is 0. The fourth-order valence-electron chi connectivity index (χ4n) is 0.610. The van der Waals surface area contributed by atoms with Gasteiger partial charge in [-0.05, 0) is 11.5 Å². The molecule has 1 N–H and O–H groups in total. The third kappa shape index (κ3) is 1.76. The van der Waals surface area contributed by atoms with Crippen LogP contribution >= 0.6 is 34.7 Å². The molecule has 0 aliphatic rings. The molecule has 0 atom stereocenters. The summed E-state index contributed by atoms with van der Waals surface area (Å²) in [5.41, 5.74) is -0.337. The summed E-state index contributed by atoms with van der Waals surface area (Å²) in [5, 5.41) is 8.54. The molecule has 0 radical (unpaired) electrons. The molecule has 1 rings (SSSR count). The van der Waals surface area contributed by atoms with Crippen LogP contribution in [0.5, 0.6) is 0 Å². The molecule has 1 aromatic rings. The molecule has 0 unspecified atom stereocenters. The smallest absolute Gasteiger partial charge is 0.281 e. The number of aliphatic hydroxyl groups is 1. The molecule has 62 valence electrons. The molecule has 0 fully saturated rings. The first-order chi connectivity index (χ1) is 5.16. The van der Waals surface area contributed by atoms with Gasteiger partial charge in [-0.25, -0.2) is 0 Å². The predicted molar refractivity (Wildman–Crippen MR) is 45.7 cm³/mol. The Morgan fingerprint density at radius 2 is 2.18 bits per heavy atom. The lowest BCUT2D eigenvalue weighted by Crippen LogP contribution is -2.14. The van der Waals surface area contributed by atoms with E-state index in [0.717, 1.165) is 11.5 Å². The van der Waals surface area contributed by atoms with E-state index < -0.39 is 0 Å². The van der Waals surface area contributed by atoms with Crippen LogP contribution in [0.15, 0.2) is 4.79 Å². The molecular formula is C5H5Cl2NO2S. The molecule has 0 bridgehead atoms. The molecule has 1 aromatic heterocycles. The van der Waals surface area contributed by atoms with Crippen molar-refractivity contribution in [3.63, 3.8) is 0 Å². The van der Waals surface area contributed by atoms with Crippen LogP contribution in [0.3, 0.4) is 0 Å². The predicted octanol–water partition coefficient (Wildman–Crippen LogP) is 1.21. The van der Waals surface area contributed by atoms with Crippen LogP contribution in [0.1, 0.15) is 0 Å². The Morgan fingerprint density at radius 1 is 1.55 bits per heavy atom. The van der Waals surface area contributed by atoms with Crippen LogP contribution in [-0.4, -0.2) is 15.7 Å². The lowest BCUT2D eigenvalue weighted by Gasteiger charge is -1.91. The molecule has 0 spiro atoms. The second-order valence-electron chi connectivity index (χ2n) is 1.81. The minimum atomic E-state index is -0.337. The molecule has 0 saturated carbocycles. The van der Waals surface area contributed by atoms with Gasteiger partial charge in [0.15, 0.2) is 0 Å². The fraction of sp³-hybridized carbons (Fsp3) is 0.400. The Morgan fingerprint density at radius 3 is 2.55 bits per heavy atom. The Kier molecular flexibility index (Phi) is 2.95. The molecule has 0 amide bonds. The second-order valence-corrected chi connectivity index (χ2v) is 3.82. The summed E-state index contributed by atoms with van der Waals surface area (Å²) >= 11 is 12.1. The van der Waals surface area contributed by atoms with Crippen LogP contribution in [0, 0.1) is 0 Å². The summed E-state index contributed by atoms with van der Waals surface area (Å²) in [6, 6.07) is 0. The van der Waals surface area contributed by atoms with Gasteiger partial charge in [0.05, 0.1) is 13.2 Å². The molecule has 1 heterocycles. The molecular weight excluding hydrogens is 209 g/mol. The average molecular weight is 214 g/mol. The zero-order valence-electron chi connectivity index (χ0n) is 5.38. The lowest BCUT2D eigenvalue weighted by atomic mass is 10.6. The van der Waals surface area contributed by atoms with Crippen molar-refractivity contribution in [1.29, 1.82) is 0 Å². The zero-order chi connectivity index (χ0) is 8.43. The molecule has 0 saturated heterocycles. The number of hydrogen-bond donors (Lipinski definition) is 1.